The minimum atomic E-state index is 0.504. The van der Waals surface area contributed by atoms with E-state index in [0.29, 0.717) is 5.92 Å². The number of aromatic nitrogens is 3. The predicted molar refractivity (Wildman–Crippen MR) is 102 cm³/mol. The Balaban J connectivity index is 1.42. The summed E-state index contributed by atoms with van der Waals surface area (Å²) in [4.78, 5) is 15.4. The van der Waals surface area contributed by atoms with Crippen molar-refractivity contribution in [3.63, 3.8) is 0 Å². The van der Waals surface area contributed by atoms with Gasteiger partial charge in [-0.2, -0.15) is 0 Å². The molecule has 1 aromatic carbocycles. The van der Waals surface area contributed by atoms with E-state index < -0.39 is 0 Å². The summed E-state index contributed by atoms with van der Waals surface area (Å²) in [5.41, 5.74) is 4.90. The van der Waals surface area contributed by atoms with E-state index in [-0.39, 0.29) is 0 Å². The highest BCUT2D eigenvalue weighted by molar-refractivity contribution is 5.82. The first-order valence-corrected chi connectivity index (χ1v) is 9.34. The van der Waals surface area contributed by atoms with E-state index in [1.54, 1.807) is 0 Å². The van der Waals surface area contributed by atoms with Crippen LogP contribution in [0.15, 0.2) is 36.5 Å². The van der Waals surface area contributed by atoms with E-state index >= 15 is 0 Å². The van der Waals surface area contributed by atoms with Gasteiger partial charge < -0.3 is 4.98 Å². The molecule has 0 aliphatic carbocycles. The molecule has 0 radical (unpaired) electrons. The van der Waals surface area contributed by atoms with Crippen molar-refractivity contribution in [3.8, 4) is 0 Å². The normalized spacial score (nSPS) is 16.6. The highest BCUT2D eigenvalue weighted by Crippen LogP contribution is 2.28. The molecule has 4 heteroatoms. The third-order valence-electron chi connectivity index (χ3n) is 5.31. The number of fused-ring (bicyclic) bond motifs is 1. The maximum Gasteiger partial charge on any atom is 0.132 e. The summed E-state index contributed by atoms with van der Waals surface area (Å²) >= 11 is 0. The van der Waals surface area contributed by atoms with Crippen molar-refractivity contribution in [1.82, 2.24) is 19.9 Å². The second kappa shape index (κ2) is 6.96. The lowest BCUT2D eigenvalue weighted by atomic mass is 9.95. The molecule has 0 amide bonds. The lowest BCUT2D eigenvalue weighted by Gasteiger charge is -2.31. The highest BCUT2D eigenvalue weighted by Gasteiger charge is 2.23. The van der Waals surface area contributed by atoms with Gasteiger partial charge in [0.05, 0.1) is 0 Å². The van der Waals surface area contributed by atoms with Crippen molar-refractivity contribution < 1.29 is 0 Å². The van der Waals surface area contributed by atoms with Gasteiger partial charge in [0, 0.05) is 41.0 Å². The first-order chi connectivity index (χ1) is 12.2. The standard InChI is InChI=1S/C21H26N4/c1-3-18-12-15(2)23-21(24-18)16-8-10-25(11-9-16)14-17-13-22-20-7-5-4-6-19(17)20/h4-7,12-13,16,22H,3,8-11,14H2,1-2H3. The Kier molecular flexibility index (Phi) is 4.53. The number of hydrogen-bond donors (Lipinski definition) is 1. The van der Waals surface area contributed by atoms with E-state index in [0.717, 1.165) is 50.4 Å². The van der Waals surface area contributed by atoms with Gasteiger partial charge in [-0.15, -0.1) is 0 Å². The molecule has 3 aromatic rings. The van der Waals surface area contributed by atoms with Crippen LogP contribution in [0.5, 0.6) is 0 Å². The fourth-order valence-corrected chi connectivity index (χ4v) is 3.87. The zero-order valence-electron chi connectivity index (χ0n) is 15.1. The summed E-state index contributed by atoms with van der Waals surface area (Å²) in [6, 6.07) is 10.7. The fraction of sp³-hybridized carbons (Fsp3) is 0.429. The zero-order valence-corrected chi connectivity index (χ0v) is 15.1. The largest absolute Gasteiger partial charge is 0.361 e. The smallest absolute Gasteiger partial charge is 0.132 e. The highest BCUT2D eigenvalue weighted by atomic mass is 15.1. The number of benzene rings is 1. The topological polar surface area (TPSA) is 44.8 Å². The molecule has 0 bridgehead atoms. The molecule has 4 rings (SSSR count). The molecule has 0 unspecified atom stereocenters. The number of piperidine rings is 1. The number of aryl methyl sites for hydroxylation is 2. The van der Waals surface area contributed by atoms with Gasteiger partial charge in [-0.25, -0.2) is 9.97 Å². The summed E-state index contributed by atoms with van der Waals surface area (Å²) in [6.45, 7) is 7.49. The van der Waals surface area contributed by atoms with Gasteiger partial charge in [-0.05, 0) is 57.0 Å². The van der Waals surface area contributed by atoms with Crippen LogP contribution in [0.25, 0.3) is 10.9 Å². The zero-order chi connectivity index (χ0) is 17.2. The number of nitrogens with one attached hydrogen (secondary N) is 1. The molecule has 1 aliphatic heterocycles. The lowest BCUT2D eigenvalue weighted by molar-refractivity contribution is 0.202. The Hall–Kier alpha value is -2.20. The van der Waals surface area contributed by atoms with Gasteiger partial charge in [-0.3, -0.25) is 4.90 Å². The number of hydrogen-bond acceptors (Lipinski definition) is 3. The van der Waals surface area contributed by atoms with Crippen molar-refractivity contribution in [3.05, 3.63) is 59.3 Å². The van der Waals surface area contributed by atoms with Gasteiger partial charge >= 0.3 is 0 Å². The van der Waals surface area contributed by atoms with E-state index in [4.69, 9.17) is 9.97 Å². The Morgan fingerprint density at radius 2 is 1.96 bits per heavy atom. The van der Waals surface area contributed by atoms with Crippen LogP contribution >= 0.6 is 0 Å². The van der Waals surface area contributed by atoms with Crippen LogP contribution in [0.2, 0.25) is 0 Å². The summed E-state index contributed by atoms with van der Waals surface area (Å²) in [5, 5.41) is 1.35. The van der Waals surface area contributed by atoms with Crippen LogP contribution in [-0.4, -0.2) is 32.9 Å². The number of H-pyrrole nitrogens is 1. The SMILES string of the molecule is CCc1cc(C)nc(C2CCN(Cc3c[nH]c4ccccc34)CC2)n1. The van der Waals surface area contributed by atoms with Crippen LogP contribution in [0, 0.1) is 6.92 Å². The minimum Gasteiger partial charge on any atom is -0.361 e. The predicted octanol–water partition coefficient (Wildman–Crippen LogP) is 4.21. The molecule has 130 valence electrons. The molecular weight excluding hydrogens is 308 g/mol. The average Bonchev–Trinajstić information content (AvgIpc) is 3.05. The molecule has 0 saturated carbocycles. The number of likely N-dealkylation sites (tertiary alicyclic amines) is 1. The molecule has 3 heterocycles. The second-order valence-corrected chi connectivity index (χ2v) is 7.12. The first-order valence-electron chi connectivity index (χ1n) is 9.34. The summed E-state index contributed by atoms with van der Waals surface area (Å²) in [7, 11) is 0. The van der Waals surface area contributed by atoms with Crippen molar-refractivity contribution in [1.29, 1.82) is 0 Å². The van der Waals surface area contributed by atoms with Crippen molar-refractivity contribution in [2.45, 2.75) is 45.6 Å². The summed E-state index contributed by atoms with van der Waals surface area (Å²) in [6.07, 6.45) is 5.44. The second-order valence-electron chi connectivity index (χ2n) is 7.12. The van der Waals surface area contributed by atoms with Crippen molar-refractivity contribution in [2.75, 3.05) is 13.1 Å². The van der Waals surface area contributed by atoms with Gasteiger partial charge in [0.2, 0.25) is 0 Å². The molecule has 1 fully saturated rings. The molecule has 0 atom stereocenters. The molecular formula is C21H26N4. The lowest BCUT2D eigenvalue weighted by Crippen LogP contribution is -2.33. The number of rotatable bonds is 4. The van der Waals surface area contributed by atoms with Crippen LogP contribution in [0.3, 0.4) is 0 Å². The maximum absolute atomic E-state index is 4.78. The van der Waals surface area contributed by atoms with E-state index in [9.17, 15) is 0 Å². The third kappa shape index (κ3) is 3.45. The molecule has 1 N–H and O–H groups in total. The molecule has 4 nitrogen and oxygen atoms in total. The summed E-state index contributed by atoms with van der Waals surface area (Å²) < 4.78 is 0. The summed E-state index contributed by atoms with van der Waals surface area (Å²) in [5.74, 6) is 1.56. The minimum absolute atomic E-state index is 0.504. The Morgan fingerprint density at radius 3 is 2.76 bits per heavy atom. The van der Waals surface area contributed by atoms with Gasteiger partial charge in [-0.1, -0.05) is 25.1 Å². The molecule has 1 aliphatic rings. The Morgan fingerprint density at radius 1 is 1.16 bits per heavy atom. The average molecular weight is 334 g/mol. The van der Waals surface area contributed by atoms with E-state index in [1.807, 2.05) is 0 Å². The third-order valence-corrected chi connectivity index (χ3v) is 5.31. The van der Waals surface area contributed by atoms with Gasteiger partial charge in [0.25, 0.3) is 0 Å². The quantitative estimate of drug-likeness (QED) is 0.777. The molecule has 1 saturated heterocycles. The maximum atomic E-state index is 4.78. The molecule has 25 heavy (non-hydrogen) atoms. The monoisotopic (exact) mass is 334 g/mol. The van der Waals surface area contributed by atoms with Crippen LogP contribution in [0.4, 0.5) is 0 Å². The number of para-hydroxylation sites is 1. The van der Waals surface area contributed by atoms with E-state index in [1.165, 1.54) is 22.2 Å². The Labute approximate surface area is 149 Å². The Bertz CT molecular complexity index is 859. The van der Waals surface area contributed by atoms with Gasteiger partial charge in [0.15, 0.2) is 0 Å². The van der Waals surface area contributed by atoms with Crippen LogP contribution < -0.4 is 0 Å². The van der Waals surface area contributed by atoms with Crippen LogP contribution in [0.1, 0.15) is 48.5 Å². The van der Waals surface area contributed by atoms with E-state index in [2.05, 4.69) is 60.3 Å². The van der Waals surface area contributed by atoms with Gasteiger partial charge in [0.1, 0.15) is 5.82 Å². The molecule has 2 aromatic heterocycles. The van der Waals surface area contributed by atoms with Crippen molar-refractivity contribution >= 4 is 10.9 Å². The number of aromatic amines is 1. The number of nitrogens with zero attached hydrogens (tertiary/aromatic N) is 3. The van der Waals surface area contributed by atoms with Crippen LogP contribution in [-0.2, 0) is 13.0 Å². The first kappa shape index (κ1) is 16.3. The fourth-order valence-electron chi connectivity index (χ4n) is 3.87. The molecule has 0 spiro atoms. The van der Waals surface area contributed by atoms with Crippen molar-refractivity contribution in [2.24, 2.45) is 0 Å².